The Morgan fingerprint density at radius 3 is 2.68 bits per heavy atom. The molecule has 2 aromatic rings. The van der Waals surface area contributed by atoms with Gasteiger partial charge in [0.05, 0.1) is 6.61 Å². The van der Waals surface area contributed by atoms with Crippen LogP contribution >= 0.6 is 0 Å². The maximum Gasteiger partial charge on any atom is 0.330 e. The Balaban J connectivity index is 1.95. The summed E-state index contributed by atoms with van der Waals surface area (Å²) >= 11 is 0. The quantitative estimate of drug-likeness (QED) is 0.656. The molecule has 0 aromatic heterocycles. The van der Waals surface area contributed by atoms with Gasteiger partial charge in [0.2, 0.25) is 0 Å². The van der Waals surface area contributed by atoms with Gasteiger partial charge in [0.15, 0.2) is 0 Å². The monoisotopic (exact) mass is 256 g/mol. The predicted molar refractivity (Wildman–Crippen MR) is 75.5 cm³/mol. The smallest absolute Gasteiger partial charge is 0.330 e. The van der Waals surface area contributed by atoms with Gasteiger partial charge in [-0.05, 0) is 29.8 Å². The second kappa shape index (κ2) is 6.05. The van der Waals surface area contributed by atoms with Crippen molar-refractivity contribution in [1.82, 2.24) is 0 Å². The van der Waals surface area contributed by atoms with Gasteiger partial charge < -0.3 is 9.84 Å². The van der Waals surface area contributed by atoms with E-state index >= 15 is 0 Å². The number of carboxylic acid groups (broad SMARTS) is 1. The molecule has 0 amide bonds. The number of rotatable bonds is 5. The number of aliphatic carboxylic acids is 1. The van der Waals surface area contributed by atoms with Gasteiger partial charge in [0.1, 0.15) is 5.75 Å². The highest BCUT2D eigenvalue weighted by Gasteiger charge is 1.99. The Bertz CT molecular complexity index is 614. The molecule has 3 nitrogen and oxygen atoms in total. The van der Waals surface area contributed by atoms with Crippen molar-refractivity contribution in [3.63, 3.8) is 0 Å². The van der Waals surface area contributed by atoms with Gasteiger partial charge in [0, 0.05) is 12.0 Å². The van der Waals surface area contributed by atoms with Crippen LogP contribution in [0.4, 0.5) is 0 Å². The van der Waals surface area contributed by atoms with E-state index in [-0.39, 0.29) is 0 Å². The van der Waals surface area contributed by atoms with Crippen molar-refractivity contribution < 1.29 is 14.6 Å². The number of ether oxygens (including phenoxy) is 1. The zero-order chi connectivity index (χ0) is 13.7. The average Bonchev–Trinajstić information content (AvgIpc) is 2.43. The molecule has 0 atom stereocenters. The van der Waals surface area contributed by atoms with Crippen LogP contribution in [0, 0.1) is 0 Å². The fourth-order valence-electron chi connectivity index (χ4n) is 1.80. The van der Waals surface area contributed by atoms with E-state index in [1.165, 1.54) is 5.39 Å². The molecule has 0 heterocycles. The van der Waals surface area contributed by atoms with Crippen LogP contribution in [0.5, 0.6) is 5.75 Å². The summed E-state index contributed by atoms with van der Waals surface area (Å²) in [7, 11) is 0. The van der Waals surface area contributed by atoms with Crippen molar-refractivity contribution in [2.75, 3.05) is 6.61 Å². The zero-order valence-electron chi connectivity index (χ0n) is 10.8. The molecule has 0 bridgehead atoms. The van der Waals surface area contributed by atoms with Crippen LogP contribution < -0.4 is 4.74 Å². The average molecular weight is 256 g/mol. The summed E-state index contributed by atoms with van der Waals surface area (Å²) in [5, 5.41) is 11.0. The van der Waals surface area contributed by atoms with Gasteiger partial charge in [-0.2, -0.15) is 0 Å². The highest BCUT2D eigenvalue weighted by molar-refractivity contribution is 5.85. The van der Waals surface area contributed by atoms with Crippen LogP contribution in [0.1, 0.15) is 13.3 Å². The molecule has 3 heteroatoms. The predicted octanol–water partition coefficient (Wildman–Crippen LogP) is 3.64. The first-order valence-electron chi connectivity index (χ1n) is 6.18. The molecular weight excluding hydrogens is 240 g/mol. The Hall–Kier alpha value is -2.29. The molecule has 98 valence electrons. The number of carbonyl (C=O) groups is 1. The van der Waals surface area contributed by atoms with Crippen molar-refractivity contribution >= 4 is 16.7 Å². The Labute approximate surface area is 112 Å². The van der Waals surface area contributed by atoms with Gasteiger partial charge in [-0.1, -0.05) is 36.4 Å². The summed E-state index contributed by atoms with van der Waals surface area (Å²) in [6.45, 7) is 2.06. The largest absolute Gasteiger partial charge is 0.493 e. The molecule has 19 heavy (non-hydrogen) atoms. The number of benzene rings is 2. The lowest BCUT2D eigenvalue weighted by Gasteiger charge is -2.06. The molecule has 0 aliphatic carbocycles. The molecule has 2 aromatic carbocycles. The molecule has 1 N–H and O–H groups in total. The van der Waals surface area contributed by atoms with E-state index in [9.17, 15) is 4.79 Å². The number of hydrogen-bond acceptors (Lipinski definition) is 2. The van der Waals surface area contributed by atoms with E-state index in [0.717, 1.165) is 11.1 Å². The first-order valence-corrected chi connectivity index (χ1v) is 6.18. The summed E-state index contributed by atoms with van der Waals surface area (Å²) in [6.07, 6.45) is 2.26. The summed E-state index contributed by atoms with van der Waals surface area (Å²) < 4.78 is 5.61. The third-order valence-electron chi connectivity index (χ3n) is 2.90. The summed E-state index contributed by atoms with van der Waals surface area (Å²) in [4.78, 5) is 10.6. The summed E-state index contributed by atoms with van der Waals surface area (Å²) in [5.41, 5.74) is 0.349. The fourth-order valence-corrected chi connectivity index (χ4v) is 1.80. The van der Waals surface area contributed by atoms with E-state index in [1.54, 1.807) is 13.0 Å². The molecule has 0 unspecified atom stereocenters. The van der Waals surface area contributed by atoms with E-state index in [2.05, 4.69) is 6.07 Å². The molecule has 0 aliphatic rings. The minimum Gasteiger partial charge on any atom is -0.493 e. The van der Waals surface area contributed by atoms with Gasteiger partial charge in [-0.3, -0.25) is 0 Å². The minimum absolute atomic E-state index is 0.349. The van der Waals surface area contributed by atoms with Gasteiger partial charge >= 0.3 is 5.97 Å². The topological polar surface area (TPSA) is 46.5 Å². The normalized spacial score (nSPS) is 11.5. The number of carboxylic acids is 1. The van der Waals surface area contributed by atoms with Gasteiger partial charge in [-0.25, -0.2) is 4.79 Å². The van der Waals surface area contributed by atoms with E-state index in [4.69, 9.17) is 9.84 Å². The lowest BCUT2D eigenvalue weighted by molar-refractivity contribution is -0.132. The van der Waals surface area contributed by atoms with Crippen LogP contribution in [0.2, 0.25) is 0 Å². The molecule has 2 rings (SSSR count). The molecule has 0 fully saturated rings. The van der Waals surface area contributed by atoms with Crippen LogP contribution in [0.15, 0.2) is 54.1 Å². The van der Waals surface area contributed by atoms with E-state index in [0.29, 0.717) is 18.6 Å². The van der Waals surface area contributed by atoms with Gasteiger partial charge in [-0.15, -0.1) is 0 Å². The third kappa shape index (κ3) is 3.58. The highest BCUT2D eigenvalue weighted by atomic mass is 16.5. The Kier molecular flexibility index (Phi) is 4.18. The molecule has 0 aliphatic heterocycles. The van der Waals surface area contributed by atoms with Crippen molar-refractivity contribution in [2.45, 2.75) is 13.3 Å². The minimum atomic E-state index is -0.884. The first-order chi connectivity index (χ1) is 9.16. The lowest BCUT2D eigenvalue weighted by Crippen LogP contribution is -1.99. The Morgan fingerprint density at radius 2 is 1.95 bits per heavy atom. The molecule has 0 spiro atoms. The second-order valence-electron chi connectivity index (χ2n) is 4.34. The van der Waals surface area contributed by atoms with Crippen LogP contribution in [0.3, 0.4) is 0 Å². The molecule has 0 radical (unpaired) electrons. The summed E-state index contributed by atoms with van der Waals surface area (Å²) in [5.74, 6) is -0.0780. The van der Waals surface area contributed by atoms with Crippen molar-refractivity contribution in [1.29, 1.82) is 0 Å². The lowest BCUT2D eigenvalue weighted by atomic mass is 10.1. The highest BCUT2D eigenvalue weighted by Crippen LogP contribution is 2.20. The van der Waals surface area contributed by atoms with Crippen molar-refractivity contribution in [2.24, 2.45) is 0 Å². The number of fused-ring (bicyclic) bond motifs is 1. The number of hydrogen-bond donors (Lipinski definition) is 1. The van der Waals surface area contributed by atoms with Gasteiger partial charge in [0.25, 0.3) is 0 Å². The molecular formula is C16H16O3. The zero-order valence-corrected chi connectivity index (χ0v) is 10.8. The fraction of sp³-hybridized carbons (Fsp3) is 0.188. The summed E-state index contributed by atoms with van der Waals surface area (Å²) in [6, 6.07) is 14.0. The second-order valence-corrected chi connectivity index (χ2v) is 4.34. The molecule has 0 saturated heterocycles. The van der Waals surface area contributed by atoms with Crippen LogP contribution in [0.25, 0.3) is 10.8 Å². The maximum absolute atomic E-state index is 10.6. The van der Waals surface area contributed by atoms with E-state index in [1.807, 2.05) is 36.4 Å². The maximum atomic E-state index is 10.6. The van der Waals surface area contributed by atoms with Crippen LogP contribution in [-0.4, -0.2) is 17.7 Å². The van der Waals surface area contributed by atoms with Crippen LogP contribution in [-0.2, 0) is 4.79 Å². The van der Waals surface area contributed by atoms with E-state index < -0.39 is 5.97 Å². The van der Waals surface area contributed by atoms with Crippen molar-refractivity contribution in [3.8, 4) is 5.75 Å². The Morgan fingerprint density at radius 1 is 1.21 bits per heavy atom. The SMILES string of the molecule is C/C(=C\CCOc1ccc2ccccc2c1)C(=O)O. The van der Waals surface area contributed by atoms with Crippen molar-refractivity contribution in [3.05, 3.63) is 54.1 Å². The standard InChI is InChI=1S/C16H16O3/c1-12(16(17)18)5-4-10-19-15-9-8-13-6-2-3-7-14(13)11-15/h2-3,5-9,11H,4,10H2,1H3,(H,17,18)/b12-5+. The third-order valence-corrected chi connectivity index (χ3v) is 2.90. The first kappa shape index (κ1) is 13.1. The molecule has 0 saturated carbocycles.